The largest absolute Gasteiger partial charge is 0.586 e. The molecule has 2 aliphatic rings. The minimum absolute atomic E-state index is 0. The number of pyridine rings is 2. The number of hydrogen-bond donors (Lipinski definition) is 1. The Kier molecular flexibility index (Phi) is 4.67. The Bertz CT molecular complexity index is 1370. The summed E-state index contributed by atoms with van der Waals surface area (Å²) in [7, 11) is 0. The summed E-state index contributed by atoms with van der Waals surface area (Å²) in [6.07, 6.45) is -2.31. The van der Waals surface area contributed by atoms with Crippen LogP contribution in [0.4, 0.5) is 8.78 Å². The van der Waals surface area contributed by atoms with Crippen molar-refractivity contribution in [3.63, 3.8) is 0 Å². The molecule has 0 atom stereocenters. The van der Waals surface area contributed by atoms with Crippen LogP contribution in [-0.2, 0) is 16.6 Å². The molecule has 5 rings (SSSR count). The molecule has 3 aromatic rings. The lowest BCUT2D eigenvalue weighted by molar-refractivity contribution is -0.286. The lowest BCUT2D eigenvalue weighted by Gasteiger charge is -2.17. The molecular weight excluding hydrogens is 430 g/mol. The van der Waals surface area contributed by atoms with Crippen molar-refractivity contribution in [2.24, 2.45) is 0 Å². The molecule has 2 aromatic heterocycles. The molecule has 0 amide bonds. The number of H-pyrrole nitrogens is 1. The maximum absolute atomic E-state index is 13.4. The van der Waals surface area contributed by atoms with Crippen LogP contribution in [0.25, 0.3) is 11.3 Å². The normalized spacial score (nSPS) is 17.1. The number of alkyl halides is 2. The van der Waals surface area contributed by atoms with Gasteiger partial charge in [0.1, 0.15) is 5.78 Å². The molecule has 1 saturated carbocycles. The van der Waals surface area contributed by atoms with Crippen molar-refractivity contribution >= 4 is 5.78 Å². The number of rotatable bonds is 5. The van der Waals surface area contributed by atoms with Gasteiger partial charge in [0, 0.05) is 30.9 Å². The summed E-state index contributed by atoms with van der Waals surface area (Å²) in [4.78, 5) is 32.5. The number of fused-ring (bicyclic) bond motifs is 1. The van der Waals surface area contributed by atoms with Gasteiger partial charge in [-0.25, -0.2) is 0 Å². The molecule has 0 radical (unpaired) electrons. The average Bonchev–Trinajstić information content (AvgIpc) is 3.48. The minimum atomic E-state index is -3.69. The molecule has 3 heterocycles. The Morgan fingerprint density at radius 1 is 1.09 bits per heavy atom. The Morgan fingerprint density at radius 3 is 2.52 bits per heavy atom. The summed E-state index contributed by atoms with van der Waals surface area (Å²) >= 11 is 0. The first-order chi connectivity index (χ1) is 15.6. The third kappa shape index (κ3) is 3.69. The van der Waals surface area contributed by atoms with E-state index in [-0.39, 0.29) is 30.7 Å². The smallest absolute Gasteiger partial charge is 0.395 e. The van der Waals surface area contributed by atoms with Crippen molar-refractivity contribution in [2.45, 2.75) is 51.7 Å². The Morgan fingerprint density at radius 2 is 1.82 bits per heavy atom. The second kappa shape index (κ2) is 7.23. The fourth-order valence-electron chi connectivity index (χ4n) is 4.43. The predicted octanol–water partition coefficient (Wildman–Crippen LogP) is 4.77. The van der Waals surface area contributed by atoms with E-state index in [1.807, 2.05) is 26.8 Å². The summed E-state index contributed by atoms with van der Waals surface area (Å²) in [5, 5.41) is 0. The van der Waals surface area contributed by atoms with Crippen molar-refractivity contribution in [1.82, 2.24) is 9.97 Å². The maximum atomic E-state index is 13.4. The molecule has 1 aliphatic carbocycles. The number of nitrogens with one attached hydrogen (secondary N) is 1. The number of aromatic nitrogens is 2. The zero-order valence-corrected chi connectivity index (χ0v) is 18.4. The second-order valence-corrected chi connectivity index (χ2v) is 8.78. The third-order valence-electron chi connectivity index (χ3n) is 6.54. The molecule has 0 spiro atoms. The van der Waals surface area contributed by atoms with Crippen molar-refractivity contribution in [2.75, 3.05) is 0 Å². The van der Waals surface area contributed by atoms with Crippen molar-refractivity contribution in [3.05, 3.63) is 74.8 Å². The number of ketones is 1. The van der Waals surface area contributed by atoms with Crippen LogP contribution >= 0.6 is 0 Å². The highest BCUT2D eigenvalue weighted by Gasteiger charge is 2.52. The molecule has 6 nitrogen and oxygen atoms in total. The lowest BCUT2D eigenvalue weighted by atomic mass is 9.88. The number of aromatic amines is 1. The van der Waals surface area contributed by atoms with Crippen LogP contribution in [0.15, 0.2) is 41.2 Å². The first-order valence-electron chi connectivity index (χ1n) is 10.7. The van der Waals surface area contributed by atoms with E-state index < -0.39 is 11.7 Å². The molecule has 172 valence electrons. The number of aryl methyl sites for hydroxylation is 2. The van der Waals surface area contributed by atoms with E-state index in [2.05, 4.69) is 14.5 Å². The number of halogens is 2. The molecule has 0 unspecified atom stereocenters. The number of ether oxygens (including phenoxy) is 2. The molecule has 1 aliphatic heterocycles. The summed E-state index contributed by atoms with van der Waals surface area (Å²) in [5.74, 6) is -0.117. The van der Waals surface area contributed by atoms with Crippen LogP contribution < -0.4 is 15.0 Å². The first-order valence-corrected chi connectivity index (χ1v) is 10.7. The summed E-state index contributed by atoms with van der Waals surface area (Å²) in [5.41, 5.74) is 4.55. The number of nitrogens with zero attached hydrogens (tertiary/aromatic N) is 1. The standard InChI is InChI=1S/C25H22F2N2O4.H2/c1-13-10-17(29-23(14(13)2)18-5-7-22(31)28-15(18)3)12-21(30)24(8-9-24)16-4-6-19-20(11-16)33-25(26,27)32-19;/h4-7,10-11H,8-9,12H2,1-3H3,(H,28,31);1H. The van der Waals surface area contributed by atoms with Crippen molar-refractivity contribution in [1.29, 1.82) is 0 Å². The number of carbonyl (C=O) groups is 1. The van der Waals surface area contributed by atoms with Gasteiger partial charge in [-0.05, 0) is 74.6 Å². The Hall–Kier alpha value is -3.55. The van der Waals surface area contributed by atoms with E-state index in [9.17, 15) is 18.4 Å². The second-order valence-electron chi connectivity index (χ2n) is 8.78. The molecule has 33 heavy (non-hydrogen) atoms. The van der Waals surface area contributed by atoms with Crippen LogP contribution in [0.3, 0.4) is 0 Å². The van der Waals surface area contributed by atoms with Gasteiger partial charge >= 0.3 is 6.29 Å². The van der Waals surface area contributed by atoms with Gasteiger partial charge in [-0.15, -0.1) is 8.78 Å². The minimum Gasteiger partial charge on any atom is -0.395 e. The average molecular weight is 454 g/mol. The highest BCUT2D eigenvalue weighted by molar-refractivity contribution is 5.94. The van der Waals surface area contributed by atoms with E-state index in [1.165, 1.54) is 18.2 Å². The van der Waals surface area contributed by atoms with Crippen molar-refractivity contribution < 1.29 is 24.5 Å². The summed E-state index contributed by atoms with van der Waals surface area (Å²) < 4.78 is 35.8. The SMILES string of the molecule is Cc1cc(CC(=O)C2(c3ccc4c(c3)OC(F)(F)O4)CC2)nc(-c2ccc(=O)[nH]c2C)c1C.[HH]. The van der Waals surface area contributed by atoms with Crippen LogP contribution in [0.1, 0.15) is 42.3 Å². The fourth-order valence-corrected chi connectivity index (χ4v) is 4.43. The van der Waals surface area contributed by atoms with Gasteiger partial charge in [0.15, 0.2) is 11.5 Å². The van der Waals surface area contributed by atoms with Gasteiger partial charge in [0.2, 0.25) is 5.56 Å². The number of carbonyl (C=O) groups excluding carboxylic acids is 1. The van der Waals surface area contributed by atoms with Crippen LogP contribution in [-0.4, -0.2) is 22.0 Å². The zero-order valence-electron chi connectivity index (χ0n) is 18.4. The van der Waals surface area contributed by atoms with E-state index >= 15 is 0 Å². The van der Waals surface area contributed by atoms with Gasteiger partial charge in [-0.2, -0.15) is 0 Å². The molecule has 1 aromatic carbocycles. The van der Waals surface area contributed by atoms with Crippen LogP contribution in [0.2, 0.25) is 0 Å². The Balaban J connectivity index is 0.00000274. The molecule has 8 heteroatoms. The monoisotopic (exact) mass is 454 g/mol. The lowest BCUT2D eigenvalue weighted by Crippen LogP contribution is -2.26. The molecule has 1 N–H and O–H groups in total. The maximum Gasteiger partial charge on any atom is 0.586 e. The van der Waals surface area contributed by atoms with Gasteiger partial charge in [-0.3, -0.25) is 14.6 Å². The van der Waals surface area contributed by atoms with Gasteiger partial charge in [0.05, 0.1) is 11.1 Å². The number of benzene rings is 1. The first kappa shape index (κ1) is 21.3. The van der Waals surface area contributed by atoms with Crippen LogP contribution in [0.5, 0.6) is 11.5 Å². The molecule has 0 bridgehead atoms. The van der Waals surface area contributed by atoms with Gasteiger partial charge < -0.3 is 14.5 Å². The van der Waals surface area contributed by atoms with E-state index in [0.717, 1.165) is 22.4 Å². The summed E-state index contributed by atoms with van der Waals surface area (Å²) in [6.45, 7) is 5.73. The van der Waals surface area contributed by atoms with E-state index in [4.69, 9.17) is 4.98 Å². The predicted molar refractivity (Wildman–Crippen MR) is 119 cm³/mol. The highest BCUT2D eigenvalue weighted by atomic mass is 19.3. The fraction of sp³-hybridized carbons (Fsp3) is 0.320. The Labute approximate surface area is 190 Å². The molecular formula is C25H24F2N2O4. The van der Waals surface area contributed by atoms with Crippen molar-refractivity contribution in [3.8, 4) is 22.8 Å². The quantitative estimate of drug-likeness (QED) is 0.601. The van der Waals surface area contributed by atoms with Crippen LogP contribution in [0, 0.1) is 20.8 Å². The van der Waals surface area contributed by atoms with Gasteiger partial charge in [-0.1, -0.05) is 6.07 Å². The molecule has 0 saturated heterocycles. The zero-order chi connectivity index (χ0) is 23.5. The molecule has 1 fully saturated rings. The number of Topliss-reactive ketones (excluding diaryl/α,β-unsaturated/α-hetero) is 1. The topological polar surface area (TPSA) is 81.3 Å². The third-order valence-corrected chi connectivity index (χ3v) is 6.54. The summed E-state index contributed by atoms with van der Waals surface area (Å²) in [6, 6.07) is 9.64. The van der Waals surface area contributed by atoms with Gasteiger partial charge in [0.25, 0.3) is 0 Å². The van der Waals surface area contributed by atoms with E-state index in [0.29, 0.717) is 29.8 Å². The number of hydrogen-bond acceptors (Lipinski definition) is 5. The highest BCUT2D eigenvalue weighted by Crippen LogP contribution is 2.52. The van der Waals surface area contributed by atoms with E-state index in [1.54, 1.807) is 12.1 Å².